The van der Waals surface area contributed by atoms with E-state index in [2.05, 4.69) is 4.98 Å². The number of rotatable bonds is 5. The first-order valence-corrected chi connectivity index (χ1v) is 5.04. The van der Waals surface area contributed by atoms with Gasteiger partial charge in [-0.2, -0.15) is 0 Å². The lowest BCUT2D eigenvalue weighted by Gasteiger charge is -2.09. The first-order valence-electron chi connectivity index (χ1n) is 5.04. The van der Waals surface area contributed by atoms with E-state index in [9.17, 15) is 4.79 Å². The summed E-state index contributed by atoms with van der Waals surface area (Å²) in [5, 5.41) is 0. The van der Waals surface area contributed by atoms with E-state index in [0.717, 1.165) is 18.7 Å². The smallest absolute Gasteiger partial charge is 0.222 e. The average molecular weight is 210 g/mol. The molecule has 0 aliphatic rings. The number of carbonyl (C=O) groups is 1. The quantitative estimate of drug-likeness (QED) is 0.755. The molecule has 0 unspecified atom stereocenters. The predicted octanol–water partition coefficient (Wildman–Crippen LogP) is 0.210. The van der Waals surface area contributed by atoms with Gasteiger partial charge in [-0.1, -0.05) is 0 Å². The number of carbonyl (C=O) groups excluding carboxylic acids is 1. The van der Waals surface area contributed by atoms with E-state index < -0.39 is 0 Å². The topological polar surface area (TPSA) is 64.2 Å². The molecular formula is C10H18N4O. The van der Waals surface area contributed by atoms with Crippen molar-refractivity contribution >= 4 is 5.91 Å². The summed E-state index contributed by atoms with van der Waals surface area (Å²) in [4.78, 5) is 17.0. The van der Waals surface area contributed by atoms with Crippen molar-refractivity contribution < 1.29 is 4.79 Å². The molecule has 1 amide bonds. The molecule has 0 saturated carbocycles. The van der Waals surface area contributed by atoms with Gasteiger partial charge in [0.15, 0.2) is 0 Å². The van der Waals surface area contributed by atoms with Gasteiger partial charge >= 0.3 is 0 Å². The van der Waals surface area contributed by atoms with Crippen molar-refractivity contribution in [3.05, 3.63) is 18.2 Å². The van der Waals surface area contributed by atoms with Gasteiger partial charge in [0.25, 0.3) is 0 Å². The molecule has 1 rings (SSSR count). The van der Waals surface area contributed by atoms with Crippen LogP contribution in [-0.2, 0) is 17.9 Å². The van der Waals surface area contributed by atoms with Gasteiger partial charge in [-0.3, -0.25) is 4.79 Å². The van der Waals surface area contributed by atoms with Gasteiger partial charge in [0, 0.05) is 39.8 Å². The van der Waals surface area contributed by atoms with E-state index >= 15 is 0 Å². The van der Waals surface area contributed by atoms with Crippen molar-refractivity contribution in [2.24, 2.45) is 5.73 Å². The molecule has 0 saturated heterocycles. The number of nitrogens with two attached hydrogens (primary N) is 1. The van der Waals surface area contributed by atoms with Crippen LogP contribution in [0.25, 0.3) is 0 Å². The molecule has 1 aromatic rings. The summed E-state index contributed by atoms with van der Waals surface area (Å²) in [6, 6.07) is 0. The number of aryl methyl sites for hydroxylation is 1. The minimum absolute atomic E-state index is 0.161. The molecule has 0 atom stereocenters. The zero-order chi connectivity index (χ0) is 11.3. The molecule has 0 aliphatic heterocycles. The molecule has 0 aromatic carbocycles. The Morgan fingerprint density at radius 2 is 2.33 bits per heavy atom. The first kappa shape index (κ1) is 11.7. The highest BCUT2D eigenvalue weighted by atomic mass is 16.2. The van der Waals surface area contributed by atoms with Crippen LogP contribution in [0.2, 0.25) is 0 Å². The van der Waals surface area contributed by atoms with Crippen molar-refractivity contribution in [3.8, 4) is 0 Å². The number of aromatic nitrogens is 2. The van der Waals surface area contributed by atoms with E-state index in [1.165, 1.54) is 0 Å². The number of amides is 1. The molecule has 1 heterocycles. The van der Waals surface area contributed by atoms with E-state index in [1.54, 1.807) is 25.3 Å². The van der Waals surface area contributed by atoms with Crippen molar-refractivity contribution in [1.29, 1.82) is 0 Å². The number of hydrogen-bond acceptors (Lipinski definition) is 3. The second-order valence-electron chi connectivity index (χ2n) is 3.70. The molecule has 15 heavy (non-hydrogen) atoms. The second kappa shape index (κ2) is 5.50. The van der Waals surface area contributed by atoms with Crippen LogP contribution in [0.5, 0.6) is 0 Å². The standard InChI is InChI=1S/C10H18N4O/c1-13(2)10(15)4-3-5-14-7-9(6-11)12-8-14/h7-8H,3-6,11H2,1-2H3. The van der Waals surface area contributed by atoms with Crippen LogP contribution >= 0.6 is 0 Å². The van der Waals surface area contributed by atoms with Gasteiger partial charge in [-0.15, -0.1) is 0 Å². The van der Waals surface area contributed by atoms with E-state index in [0.29, 0.717) is 13.0 Å². The number of nitrogens with zero attached hydrogens (tertiary/aromatic N) is 3. The second-order valence-corrected chi connectivity index (χ2v) is 3.70. The maximum absolute atomic E-state index is 11.3. The third kappa shape index (κ3) is 3.71. The van der Waals surface area contributed by atoms with E-state index in [-0.39, 0.29) is 5.91 Å². The summed E-state index contributed by atoms with van der Waals surface area (Å²) in [7, 11) is 3.54. The largest absolute Gasteiger partial charge is 0.349 e. The summed E-state index contributed by atoms with van der Waals surface area (Å²) in [6.07, 6.45) is 5.07. The van der Waals surface area contributed by atoms with Crippen LogP contribution in [0.1, 0.15) is 18.5 Å². The summed E-state index contributed by atoms with van der Waals surface area (Å²) in [5.74, 6) is 0.161. The molecule has 0 radical (unpaired) electrons. The van der Waals surface area contributed by atoms with Crippen molar-refractivity contribution in [2.45, 2.75) is 25.9 Å². The van der Waals surface area contributed by atoms with Crippen LogP contribution in [0, 0.1) is 0 Å². The lowest BCUT2D eigenvalue weighted by Crippen LogP contribution is -2.21. The van der Waals surface area contributed by atoms with Gasteiger partial charge in [-0.05, 0) is 6.42 Å². The fraction of sp³-hybridized carbons (Fsp3) is 0.600. The minimum atomic E-state index is 0.161. The molecule has 0 aliphatic carbocycles. The maximum Gasteiger partial charge on any atom is 0.222 e. The molecular weight excluding hydrogens is 192 g/mol. The molecule has 2 N–H and O–H groups in total. The number of hydrogen-bond donors (Lipinski definition) is 1. The summed E-state index contributed by atoms with van der Waals surface area (Å²) < 4.78 is 1.96. The van der Waals surface area contributed by atoms with Gasteiger partial charge in [0.05, 0.1) is 12.0 Å². The van der Waals surface area contributed by atoms with Crippen LogP contribution < -0.4 is 5.73 Å². The molecule has 0 spiro atoms. The van der Waals surface area contributed by atoms with Crippen molar-refractivity contribution in [1.82, 2.24) is 14.5 Å². The molecule has 84 valence electrons. The fourth-order valence-corrected chi connectivity index (χ4v) is 1.27. The van der Waals surface area contributed by atoms with Crippen molar-refractivity contribution in [3.63, 3.8) is 0 Å². The summed E-state index contributed by atoms with van der Waals surface area (Å²) >= 11 is 0. The van der Waals surface area contributed by atoms with E-state index in [4.69, 9.17) is 5.73 Å². The lowest BCUT2D eigenvalue weighted by molar-refractivity contribution is -0.128. The maximum atomic E-state index is 11.3. The van der Waals surface area contributed by atoms with E-state index in [1.807, 2.05) is 10.8 Å². The Kier molecular flexibility index (Phi) is 4.30. The number of imidazole rings is 1. The first-order chi connectivity index (χ1) is 7.13. The van der Waals surface area contributed by atoms with Gasteiger partial charge in [0.2, 0.25) is 5.91 Å². The Hall–Kier alpha value is -1.36. The average Bonchev–Trinajstić information content (AvgIpc) is 2.65. The van der Waals surface area contributed by atoms with Gasteiger partial charge in [-0.25, -0.2) is 4.98 Å². The zero-order valence-corrected chi connectivity index (χ0v) is 9.31. The van der Waals surface area contributed by atoms with Crippen LogP contribution in [-0.4, -0.2) is 34.5 Å². The molecule has 5 nitrogen and oxygen atoms in total. The SMILES string of the molecule is CN(C)C(=O)CCCn1cnc(CN)c1. The predicted molar refractivity (Wildman–Crippen MR) is 58.0 cm³/mol. The summed E-state index contributed by atoms with van der Waals surface area (Å²) in [5.41, 5.74) is 6.33. The van der Waals surface area contributed by atoms with Gasteiger partial charge < -0.3 is 15.2 Å². The lowest BCUT2D eigenvalue weighted by atomic mass is 10.3. The minimum Gasteiger partial charge on any atom is -0.349 e. The third-order valence-corrected chi connectivity index (χ3v) is 2.20. The normalized spacial score (nSPS) is 10.3. The van der Waals surface area contributed by atoms with Crippen LogP contribution in [0.15, 0.2) is 12.5 Å². The highest BCUT2D eigenvalue weighted by molar-refractivity contribution is 5.75. The molecule has 1 aromatic heterocycles. The Bertz CT molecular complexity index is 319. The highest BCUT2D eigenvalue weighted by Crippen LogP contribution is 2.00. The Morgan fingerprint density at radius 1 is 1.60 bits per heavy atom. The molecule has 0 bridgehead atoms. The Morgan fingerprint density at radius 3 is 2.87 bits per heavy atom. The monoisotopic (exact) mass is 210 g/mol. The Labute approximate surface area is 89.9 Å². The van der Waals surface area contributed by atoms with Crippen LogP contribution in [0.3, 0.4) is 0 Å². The third-order valence-electron chi connectivity index (χ3n) is 2.20. The van der Waals surface area contributed by atoms with Gasteiger partial charge in [0.1, 0.15) is 0 Å². The highest BCUT2D eigenvalue weighted by Gasteiger charge is 2.03. The molecule has 0 fully saturated rings. The zero-order valence-electron chi connectivity index (χ0n) is 9.31. The fourth-order valence-electron chi connectivity index (χ4n) is 1.27. The molecule has 5 heteroatoms. The Balaban J connectivity index is 2.28. The van der Waals surface area contributed by atoms with Crippen molar-refractivity contribution in [2.75, 3.05) is 14.1 Å². The van der Waals surface area contributed by atoms with Crippen LogP contribution in [0.4, 0.5) is 0 Å². The summed E-state index contributed by atoms with van der Waals surface area (Å²) in [6.45, 7) is 1.27.